The van der Waals surface area contributed by atoms with Crippen LogP contribution < -0.4 is 5.32 Å². The zero-order valence-electron chi connectivity index (χ0n) is 24.4. The monoisotopic (exact) mass is 614 g/mol. The van der Waals surface area contributed by atoms with E-state index in [4.69, 9.17) is 14.5 Å². The Morgan fingerprint density at radius 1 is 0.778 bits per heavy atom. The molecule has 0 bridgehead atoms. The number of fused-ring (bicyclic) bond motifs is 1. The standard InChI is InChI=1S/C38H31FN2O3S/c39-33-24-14-13-23-31(33)37-26-43-35(32(37)25-45-36(41-37)40-34(42)27-15-5-1-6-16-27)44-38(28-17-7-2-8-18-28,29-19-9-3-10-20-29)30-21-11-4-12-22-30/h1-24,32,35H,25-26H2,(H,40,41,42). The maximum atomic E-state index is 15.7. The lowest BCUT2D eigenvalue weighted by atomic mass is 9.78. The fourth-order valence-corrected chi connectivity index (χ4v) is 7.52. The molecule has 2 heterocycles. The molecule has 5 nitrogen and oxygen atoms in total. The van der Waals surface area contributed by atoms with Crippen LogP contribution in [0.3, 0.4) is 0 Å². The van der Waals surface area contributed by atoms with Crippen LogP contribution in [0.25, 0.3) is 0 Å². The molecule has 0 aromatic heterocycles. The van der Waals surface area contributed by atoms with Crippen molar-refractivity contribution in [1.29, 1.82) is 0 Å². The van der Waals surface area contributed by atoms with E-state index >= 15 is 4.39 Å². The predicted octanol–water partition coefficient (Wildman–Crippen LogP) is 7.54. The minimum atomic E-state index is -1.11. The van der Waals surface area contributed by atoms with E-state index in [1.165, 1.54) is 17.8 Å². The number of halogens is 1. The van der Waals surface area contributed by atoms with Gasteiger partial charge in [0, 0.05) is 16.9 Å². The van der Waals surface area contributed by atoms with Crippen molar-refractivity contribution in [2.24, 2.45) is 10.9 Å². The normalized spacial score (nSPS) is 21.0. The number of aliphatic imine (C=N–C) groups is 1. The van der Waals surface area contributed by atoms with Crippen LogP contribution in [0.2, 0.25) is 0 Å². The second-order valence-corrected chi connectivity index (χ2v) is 12.1. The van der Waals surface area contributed by atoms with Crippen molar-refractivity contribution in [3.63, 3.8) is 0 Å². The Balaban J connectivity index is 1.33. The number of amides is 1. The van der Waals surface area contributed by atoms with Gasteiger partial charge in [-0.25, -0.2) is 9.38 Å². The third kappa shape index (κ3) is 5.37. The summed E-state index contributed by atoms with van der Waals surface area (Å²) in [6.07, 6.45) is -0.757. The number of nitrogens with one attached hydrogen (secondary N) is 1. The van der Waals surface area contributed by atoms with Crippen LogP contribution in [0.4, 0.5) is 4.39 Å². The number of nitrogens with zero attached hydrogens (tertiary/aromatic N) is 1. The Kier molecular flexibility index (Phi) is 8.06. The Morgan fingerprint density at radius 3 is 1.84 bits per heavy atom. The summed E-state index contributed by atoms with van der Waals surface area (Å²) in [5, 5.41) is 3.38. The highest BCUT2D eigenvalue weighted by atomic mass is 32.2. The second-order valence-electron chi connectivity index (χ2n) is 11.1. The van der Waals surface area contributed by atoms with Crippen molar-refractivity contribution in [2.75, 3.05) is 12.4 Å². The molecule has 0 saturated carbocycles. The van der Waals surface area contributed by atoms with Crippen molar-refractivity contribution in [3.05, 3.63) is 179 Å². The third-order valence-electron chi connectivity index (χ3n) is 8.54. The SMILES string of the molecule is O=C(NC1=NC2(c3ccccc3F)COC(OC(c3ccccc3)(c3ccccc3)c3ccccc3)C2CS1)c1ccccc1. The molecule has 3 atom stereocenters. The summed E-state index contributed by atoms with van der Waals surface area (Å²) in [6.45, 7) is 0.0863. The van der Waals surface area contributed by atoms with Gasteiger partial charge in [-0.2, -0.15) is 0 Å². The Hall–Kier alpha value is -4.56. The first-order valence-corrected chi connectivity index (χ1v) is 15.9. The summed E-state index contributed by atoms with van der Waals surface area (Å²) in [6, 6.07) is 46.0. The van der Waals surface area contributed by atoms with Crippen LogP contribution in [-0.2, 0) is 20.6 Å². The quantitative estimate of drug-likeness (QED) is 0.193. The van der Waals surface area contributed by atoms with Gasteiger partial charge in [0.2, 0.25) is 0 Å². The highest BCUT2D eigenvalue weighted by Gasteiger charge is 2.57. The lowest BCUT2D eigenvalue weighted by molar-refractivity contribution is -0.180. The maximum absolute atomic E-state index is 15.7. The Morgan fingerprint density at radius 2 is 1.29 bits per heavy atom. The Bertz CT molecular complexity index is 1710. The van der Waals surface area contributed by atoms with Gasteiger partial charge >= 0.3 is 0 Å². The number of rotatable bonds is 7. The Labute approximate surface area is 266 Å². The second kappa shape index (κ2) is 12.4. The molecule has 224 valence electrons. The zero-order valence-corrected chi connectivity index (χ0v) is 25.2. The minimum Gasteiger partial charge on any atom is -0.349 e. The van der Waals surface area contributed by atoms with Gasteiger partial charge in [0.25, 0.3) is 5.91 Å². The molecule has 2 aliphatic rings. The van der Waals surface area contributed by atoms with Gasteiger partial charge < -0.3 is 14.8 Å². The first-order valence-electron chi connectivity index (χ1n) is 14.9. The van der Waals surface area contributed by atoms with Gasteiger partial charge in [0.05, 0.1) is 12.5 Å². The van der Waals surface area contributed by atoms with Gasteiger partial charge in [-0.1, -0.05) is 139 Å². The number of benzene rings is 5. The van der Waals surface area contributed by atoms with Crippen LogP contribution in [0.15, 0.2) is 151 Å². The molecule has 1 N–H and O–H groups in total. The van der Waals surface area contributed by atoms with Crippen molar-refractivity contribution in [2.45, 2.75) is 17.4 Å². The molecule has 7 rings (SSSR count). The van der Waals surface area contributed by atoms with Crippen LogP contribution in [-0.4, -0.2) is 29.7 Å². The molecule has 0 aliphatic carbocycles. The molecular weight excluding hydrogens is 583 g/mol. The number of hydrogen-bond acceptors (Lipinski definition) is 5. The molecule has 5 aromatic carbocycles. The van der Waals surface area contributed by atoms with E-state index in [9.17, 15) is 4.79 Å². The highest BCUT2D eigenvalue weighted by Crippen LogP contribution is 2.52. The van der Waals surface area contributed by atoms with Crippen LogP contribution in [0.1, 0.15) is 32.6 Å². The molecule has 5 aromatic rings. The van der Waals surface area contributed by atoms with Crippen molar-refractivity contribution in [3.8, 4) is 0 Å². The van der Waals surface area contributed by atoms with Gasteiger partial charge in [0.1, 0.15) is 17.0 Å². The van der Waals surface area contributed by atoms with Crippen molar-refractivity contribution < 1.29 is 18.7 Å². The largest absolute Gasteiger partial charge is 0.349 e. The van der Waals surface area contributed by atoms with Gasteiger partial charge in [-0.05, 0) is 34.9 Å². The molecule has 1 saturated heterocycles. The van der Waals surface area contributed by atoms with E-state index in [0.29, 0.717) is 22.0 Å². The zero-order chi connectivity index (χ0) is 30.7. The molecule has 1 amide bonds. The van der Waals surface area contributed by atoms with Gasteiger partial charge in [-0.3, -0.25) is 4.79 Å². The highest BCUT2D eigenvalue weighted by molar-refractivity contribution is 8.13. The summed E-state index contributed by atoms with van der Waals surface area (Å²) in [5.74, 6) is -0.530. The first kappa shape index (κ1) is 29.2. The van der Waals surface area contributed by atoms with Crippen LogP contribution >= 0.6 is 11.8 Å². The molecule has 7 heteroatoms. The van der Waals surface area contributed by atoms with E-state index in [-0.39, 0.29) is 24.2 Å². The minimum absolute atomic E-state index is 0.0863. The van der Waals surface area contributed by atoms with Gasteiger partial charge in [0.15, 0.2) is 11.5 Å². The molecular formula is C38H31FN2O3S. The van der Waals surface area contributed by atoms with E-state index in [0.717, 1.165) is 16.7 Å². The van der Waals surface area contributed by atoms with Crippen LogP contribution in [0.5, 0.6) is 0 Å². The summed E-state index contributed by atoms with van der Waals surface area (Å²) in [5.41, 5.74) is 1.61. The first-order chi connectivity index (χ1) is 22.1. The number of carbonyl (C=O) groups excluding carboxylic acids is 1. The molecule has 3 unspecified atom stereocenters. The summed E-state index contributed by atoms with van der Waals surface area (Å²) in [7, 11) is 0. The molecule has 1 fully saturated rings. The number of ether oxygens (including phenoxy) is 2. The lowest BCUT2D eigenvalue weighted by Crippen LogP contribution is -2.46. The summed E-state index contributed by atoms with van der Waals surface area (Å²) in [4.78, 5) is 18.2. The number of amidine groups is 1. The lowest BCUT2D eigenvalue weighted by Gasteiger charge is -2.41. The summed E-state index contributed by atoms with van der Waals surface area (Å²) >= 11 is 1.41. The van der Waals surface area contributed by atoms with E-state index in [1.54, 1.807) is 30.3 Å². The number of hydrogen-bond donors (Lipinski definition) is 1. The molecule has 45 heavy (non-hydrogen) atoms. The third-order valence-corrected chi connectivity index (χ3v) is 9.53. The molecule has 2 aliphatic heterocycles. The predicted molar refractivity (Wildman–Crippen MR) is 175 cm³/mol. The topological polar surface area (TPSA) is 59.9 Å². The van der Waals surface area contributed by atoms with E-state index < -0.39 is 17.4 Å². The van der Waals surface area contributed by atoms with E-state index in [2.05, 4.69) is 41.7 Å². The maximum Gasteiger partial charge on any atom is 0.257 e. The van der Waals surface area contributed by atoms with Crippen LogP contribution in [0, 0.1) is 11.7 Å². The fraction of sp³-hybridized carbons (Fsp3) is 0.158. The smallest absolute Gasteiger partial charge is 0.257 e. The fourth-order valence-electron chi connectivity index (χ4n) is 6.36. The summed E-state index contributed by atoms with van der Waals surface area (Å²) < 4.78 is 29.5. The van der Waals surface area contributed by atoms with Crippen molar-refractivity contribution in [1.82, 2.24) is 5.32 Å². The van der Waals surface area contributed by atoms with Gasteiger partial charge in [-0.15, -0.1) is 0 Å². The number of carbonyl (C=O) groups is 1. The number of thioether (sulfide) groups is 1. The molecule has 0 spiro atoms. The van der Waals surface area contributed by atoms with E-state index in [1.807, 2.05) is 72.8 Å². The molecule has 0 radical (unpaired) electrons. The average molecular weight is 615 g/mol. The van der Waals surface area contributed by atoms with Crippen molar-refractivity contribution >= 4 is 22.8 Å². The average Bonchev–Trinajstić information content (AvgIpc) is 3.47.